The molecule has 0 spiro atoms. The zero-order chi connectivity index (χ0) is 16.0. The van der Waals surface area contributed by atoms with Crippen molar-refractivity contribution >= 4 is 33.8 Å². The van der Waals surface area contributed by atoms with Crippen molar-refractivity contribution in [2.45, 2.75) is 19.9 Å². The van der Waals surface area contributed by atoms with Crippen LogP contribution in [-0.2, 0) is 13.0 Å². The topological polar surface area (TPSA) is 41.0 Å². The van der Waals surface area contributed by atoms with E-state index in [1.165, 1.54) is 10.4 Å². The highest BCUT2D eigenvalue weighted by atomic mass is 32.1. The molecule has 23 heavy (non-hydrogen) atoms. The average Bonchev–Trinajstić information content (AvgIpc) is 2.93. The monoisotopic (exact) mass is 343 g/mol. The molecule has 3 heterocycles. The molecule has 3 aromatic rings. The third-order valence-electron chi connectivity index (χ3n) is 4.43. The lowest BCUT2D eigenvalue weighted by molar-refractivity contribution is 0.271. The van der Waals surface area contributed by atoms with E-state index >= 15 is 0 Å². The number of benzene rings is 1. The largest absolute Gasteiger partial charge is 0.323 e. The normalized spacial score (nSPS) is 15.0. The Kier molecular flexibility index (Phi) is 3.67. The van der Waals surface area contributed by atoms with E-state index in [1.54, 1.807) is 15.9 Å². The van der Waals surface area contributed by atoms with Crippen molar-refractivity contribution in [1.82, 2.24) is 14.5 Å². The van der Waals surface area contributed by atoms with Crippen LogP contribution in [0.3, 0.4) is 0 Å². The van der Waals surface area contributed by atoms with Crippen LogP contribution in [0.2, 0.25) is 0 Å². The number of likely N-dealkylation sites (N-methyl/N-ethyl adjacent to an activating group) is 1. The molecule has 0 amide bonds. The van der Waals surface area contributed by atoms with Gasteiger partial charge in [-0.1, -0.05) is 25.1 Å². The zero-order valence-electron chi connectivity index (χ0n) is 12.8. The van der Waals surface area contributed by atoms with Gasteiger partial charge >= 0.3 is 0 Å². The molecule has 4 nitrogen and oxygen atoms in total. The Morgan fingerprint density at radius 1 is 1.30 bits per heavy atom. The lowest BCUT2D eigenvalue weighted by Gasteiger charge is -2.25. The van der Waals surface area contributed by atoms with Gasteiger partial charge in [0.1, 0.15) is 4.83 Å². The van der Waals surface area contributed by atoms with E-state index in [0.29, 0.717) is 4.77 Å². The maximum absolute atomic E-state index is 13.1. The number of hydrogen-bond acceptors (Lipinski definition) is 4. The van der Waals surface area contributed by atoms with Crippen LogP contribution < -0.4 is 5.56 Å². The van der Waals surface area contributed by atoms with Crippen molar-refractivity contribution in [2.24, 2.45) is 0 Å². The van der Waals surface area contributed by atoms with Crippen molar-refractivity contribution < 1.29 is 0 Å². The number of nitrogens with one attached hydrogen (secondary N) is 1. The van der Waals surface area contributed by atoms with Crippen molar-refractivity contribution in [3.8, 4) is 5.69 Å². The number of aromatic amines is 1. The summed E-state index contributed by atoms with van der Waals surface area (Å²) in [5, 5.41) is 0.806. The van der Waals surface area contributed by atoms with Crippen LogP contribution in [0.15, 0.2) is 35.1 Å². The Labute approximate surface area is 143 Å². The Hall–Kier alpha value is -1.76. The fourth-order valence-corrected chi connectivity index (χ4v) is 4.74. The van der Waals surface area contributed by atoms with Gasteiger partial charge in [-0.2, -0.15) is 0 Å². The molecule has 0 fully saturated rings. The smallest absolute Gasteiger partial charge is 0.267 e. The highest BCUT2D eigenvalue weighted by Gasteiger charge is 2.23. The highest BCUT2D eigenvalue weighted by Crippen LogP contribution is 2.32. The minimum absolute atomic E-state index is 0.00889. The number of H-pyrrole nitrogens is 1. The Morgan fingerprint density at radius 2 is 2.09 bits per heavy atom. The predicted octanol–water partition coefficient (Wildman–Crippen LogP) is 3.49. The number of aromatic nitrogens is 2. The van der Waals surface area contributed by atoms with Gasteiger partial charge in [-0.05, 0) is 42.9 Å². The van der Waals surface area contributed by atoms with Crippen LogP contribution >= 0.6 is 23.6 Å². The SMILES string of the molecule is CCN1CCc2sc3[nH]c(=S)n(-c4ccccc4)c(=O)c3c2C1. The van der Waals surface area contributed by atoms with E-state index in [2.05, 4.69) is 16.8 Å². The molecule has 0 radical (unpaired) electrons. The molecular weight excluding hydrogens is 326 g/mol. The second-order valence-electron chi connectivity index (χ2n) is 5.73. The quantitative estimate of drug-likeness (QED) is 0.724. The Bertz CT molecular complexity index is 985. The van der Waals surface area contributed by atoms with Gasteiger partial charge in [0, 0.05) is 18.0 Å². The summed E-state index contributed by atoms with van der Waals surface area (Å²) in [6.45, 7) is 5.08. The molecule has 6 heteroatoms. The maximum atomic E-state index is 13.1. The summed E-state index contributed by atoms with van der Waals surface area (Å²) in [6, 6.07) is 9.60. The number of thiophene rings is 1. The summed E-state index contributed by atoms with van der Waals surface area (Å²) in [7, 11) is 0. The van der Waals surface area contributed by atoms with Gasteiger partial charge in [-0.25, -0.2) is 0 Å². The summed E-state index contributed by atoms with van der Waals surface area (Å²) < 4.78 is 2.06. The number of nitrogens with zero attached hydrogens (tertiary/aromatic N) is 2. The van der Waals surface area contributed by atoms with E-state index in [-0.39, 0.29) is 5.56 Å². The van der Waals surface area contributed by atoms with E-state index in [1.807, 2.05) is 30.3 Å². The van der Waals surface area contributed by atoms with Gasteiger partial charge in [0.25, 0.3) is 5.56 Å². The van der Waals surface area contributed by atoms with Crippen LogP contribution in [0, 0.1) is 4.77 Å². The van der Waals surface area contributed by atoms with Crippen LogP contribution in [0.4, 0.5) is 0 Å². The molecule has 0 aliphatic carbocycles. The first kappa shape index (κ1) is 14.8. The number of hydrogen-bond donors (Lipinski definition) is 1. The van der Waals surface area contributed by atoms with Gasteiger partial charge in [0.15, 0.2) is 4.77 Å². The Morgan fingerprint density at radius 3 is 2.83 bits per heavy atom. The molecule has 0 unspecified atom stereocenters. The van der Waals surface area contributed by atoms with Crippen LogP contribution in [0.1, 0.15) is 17.4 Å². The molecule has 0 saturated heterocycles. The first-order valence-electron chi connectivity index (χ1n) is 7.76. The minimum atomic E-state index is -0.00889. The second-order valence-corrected chi connectivity index (χ2v) is 7.22. The van der Waals surface area contributed by atoms with Crippen LogP contribution in [0.5, 0.6) is 0 Å². The third-order valence-corrected chi connectivity index (χ3v) is 5.92. The van der Waals surface area contributed by atoms with Crippen molar-refractivity contribution in [3.63, 3.8) is 0 Å². The standard InChI is InChI=1S/C17H17N3OS2/c1-2-19-9-8-13-12(10-19)14-15(23-13)18-17(22)20(16(14)21)11-6-4-3-5-7-11/h3-7H,2,8-10H2,1H3,(H,18,22). The number of rotatable bonds is 2. The fraction of sp³-hybridized carbons (Fsp3) is 0.294. The molecule has 4 rings (SSSR count). The van der Waals surface area contributed by atoms with Crippen molar-refractivity contribution in [3.05, 3.63) is 55.9 Å². The van der Waals surface area contributed by atoms with E-state index in [9.17, 15) is 4.79 Å². The molecule has 1 aliphatic rings. The fourth-order valence-electron chi connectivity index (χ4n) is 3.20. The lowest BCUT2D eigenvalue weighted by atomic mass is 10.1. The van der Waals surface area contributed by atoms with Gasteiger partial charge < -0.3 is 4.98 Å². The summed E-state index contributed by atoms with van der Waals surface area (Å²) in [5.74, 6) is 0. The number of fused-ring (bicyclic) bond motifs is 3. The average molecular weight is 343 g/mol. The first-order chi connectivity index (χ1) is 11.2. The summed E-state index contributed by atoms with van der Waals surface area (Å²) in [6.07, 6.45) is 1.01. The van der Waals surface area contributed by atoms with E-state index < -0.39 is 0 Å². The van der Waals surface area contributed by atoms with Crippen molar-refractivity contribution in [2.75, 3.05) is 13.1 Å². The van der Waals surface area contributed by atoms with Gasteiger partial charge in [-0.3, -0.25) is 14.3 Å². The lowest BCUT2D eigenvalue weighted by Crippen LogP contribution is -2.30. The zero-order valence-corrected chi connectivity index (χ0v) is 14.5. The summed E-state index contributed by atoms with van der Waals surface area (Å²) in [4.78, 5) is 21.0. The molecule has 0 atom stereocenters. The minimum Gasteiger partial charge on any atom is -0.323 e. The van der Waals surface area contributed by atoms with Gasteiger partial charge in [0.05, 0.1) is 11.1 Å². The maximum Gasteiger partial charge on any atom is 0.267 e. The molecular formula is C17H17N3OS2. The van der Waals surface area contributed by atoms with Crippen LogP contribution in [-0.4, -0.2) is 27.5 Å². The number of para-hydroxylation sites is 1. The van der Waals surface area contributed by atoms with E-state index in [4.69, 9.17) is 12.2 Å². The molecule has 1 aromatic carbocycles. The highest BCUT2D eigenvalue weighted by molar-refractivity contribution is 7.71. The van der Waals surface area contributed by atoms with Gasteiger partial charge in [-0.15, -0.1) is 11.3 Å². The van der Waals surface area contributed by atoms with Crippen molar-refractivity contribution in [1.29, 1.82) is 0 Å². The molecule has 0 saturated carbocycles. The van der Waals surface area contributed by atoms with E-state index in [0.717, 1.165) is 42.0 Å². The predicted molar refractivity (Wildman–Crippen MR) is 97.3 cm³/mol. The molecule has 1 aliphatic heterocycles. The molecule has 1 N–H and O–H groups in total. The first-order valence-corrected chi connectivity index (χ1v) is 8.99. The third kappa shape index (κ3) is 2.38. The summed E-state index contributed by atoms with van der Waals surface area (Å²) >= 11 is 7.12. The van der Waals surface area contributed by atoms with Gasteiger partial charge in [0.2, 0.25) is 0 Å². The summed E-state index contributed by atoms with van der Waals surface area (Å²) in [5.41, 5.74) is 1.98. The van der Waals surface area contributed by atoms with Crippen LogP contribution in [0.25, 0.3) is 15.9 Å². The molecule has 118 valence electrons. The molecule has 2 aromatic heterocycles. The second kappa shape index (κ2) is 5.70. The molecule has 0 bridgehead atoms. The Balaban J connectivity index is 2.01.